The van der Waals surface area contributed by atoms with Gasteiger partial charge in [0.05, 0.1) is 12.6 Å². The van der Waals surface area contributed by atoms with Crippen LogP contribution in [0.2, 0.25) is 0 Å². The molecule has 9 nitrogen and oxygen atoms in total. The topological polar surface area (TPSA) is 114 Å². The fourth-order valence-electron chi connectivity index (χ4n) is 3.55. The molecule has 0 spiro atoms. The molecule has 9 heteroatoms. The Hall–Kier alpha value is -2.84. The second-order valence-electron chi connectivity index (χ2n) is 8.35. The number of nitrogens with one attached hydrogen (secondary N) is 3. The minimum absolute atomic E-state index is 0.0992. The molecular weight excluding hydrogens is 384 g/mol. The van der Waals surface area contributed by atoms with Crippen LogP contribution in [-0.2, 0) is 16.0 Å². The minimum atomic E-state index is -0.353. The van der Waals surface area contributed by atoms with Gasteiger partial charge in [-0.3, -0.25) is 14.6 Å². The number of alkyl carbamates (subject to hydrolysis) is 1. The lowest BCUT2D eigenvalue weighted by Crippen LogP contribution is -2.34. The van der Waals surface area contributed by atoms with Crippen molar-refractivity contribution in [3.05, 3.63) is 29.7 Å². The molecule has 0 saturated heterocycles. The molecule has 1 aliphatic carbocycles. The lowest BCUT2D eigenvalue weighted by molar-refractivity contribution is -0.115. The van der Waals surface area contributed by atoms with E-state index in [0.29, 0.717) is 5.82 Å². The Morgan fingerprint density at radius 1 is 1.33 bits per heavy atom. The van der Waals surface area contributed by atoms with Crippen LogP contribution in [0.1, 0.15) is 76.6 Å². The van der Waals surface area contributed by atoms with Gasteiger partial charge in [0.1, 0.15) is 6.10 Å². The van der Waals surface area contributed by atoms with Gasteiger partial charge in [0.2, 0.25) is 5.91 Å². The maximum absolute atomic E-state index is 12.3. The molecule has 0 bridgehead atoms. The number of aromatic nitrogens is 4. The molecule has 0 radical (unpaired) electrons. The van der Waals surface area contributed by atoms with Crippen molar-refractivity contribution in [3.63, 3.8) is 0 Å². The van der Waals surface area contributed by atoms with Crippen molar-refractivity contribution in [2.45, 2.75) is 83.9 Å². The molecule has 30 heavy (non-hydrogen) atoms. The van der Waals surface area contributed by atoms with Crippen molar-refractivity contribution in [3.8, 4) is 0 Å². The minimum Gasteiger partial charge on any atom is -0.446 e. The smallest absolute Gasteiger partial charge is 0.407 e. The van der Waals surface area contributed by atoms with Crippen LogP contribution in [0.4, 0.5) is 10.6 Å². The summed E-state index contributed by atoms with van der Waals surface area (Å²) in [5, 5.41) is 17.1. The Kier molecular flexibility index (Phi) is 7.12. The number of ether oxygens (including phenoxy) is 1. The summed E-state index contributed by atoms with van der Waals surface area (Å²) < 4.78 is 7.36. The van der Waals surface area contributed by atoms with E-state index in [-0.39, 0.29) is 42.5 Å². The number of nitrogens with zero attached hydrogens (tertiary/aromatic N) is 3. The van der Waals surface area contributed by atoms with Gasteiger partial charge in [-0.25, -0.2) is 4.79 Å². The summed E-state index contributed by atoms with van der Waals surface area (Å²) >= 11 is 0. The van der Waals surface area contributed by atoms with E-state index >= 15 is 0 Å². The first-order valence-electron chi connectivity index (χ1n) is 10.7. The number of carbonyl (C=O) groups excluding carboxylic acids is 2. The first-order chi connectivity index (χ1) is 14.3. The van der Waals surface area contributed by atoms with Gasteiger partial charge in [0.25, 0.3) is 0 Å². The number of H-pyrrole nitrogens is 1. The SMILES string of the molecule is CC[C@H](C)NC(=O)O[C@@H]1CC[C@H](c2cc(NC(=O)Cc3cnn(C(C)C)c3)n[nH]2)C1. The van der Waals surface area contributed by atoms with E-state index in [1.54, 1.807) is 6.20 Å². The van der Waals surface area contributed by atoms with Crippen LogP contribution in [0.5, 0.6) is 0 Å². The average molecular weight is 417 g/mol. The van der Waals surface area contributed by atoms with E-state index < -0.39 is 0 Å². The van der Waals surface area contributed by atoms with Crippen LogP contribution in [-0.4, -0.2) is 44.1 Å². The second-order valence-corrected chi connectivity index (χ2v) is 8.35. The van der Waals surface area contributed by atoms with Gasteiger partial charge in [0, 0.05) is 36.0 Å². The molecule has 3 atom stereocenters. The molecule has 2 aromatic rings. The number of carbonyl (C=O) groups is 2. The first kappa shape index (κ1) is 21.9. The molecule has 1 fully saturated rings. The van der Waals surface area contributed by atoms with Gasteiger partial charge < -0.3 is 15.4 Å². The molecular formula is C21H32N6O3. The standard InChI is InChI=1S/C21H32N6O3/c1-5-14(4)23-21(29)30-17-7-6-16(9-17)18-10-19(26-25-18)24-20(28)8-15-11-22-27(12-15)13(2)3/h10-14,16-17H,5-9H2,1-4H3,(H,23,29)(H2,24,25,26,28)/t14-,16-,17+/m0/s1. The zero-order valence-electron chi connectivity index (χ0n) is 18.1. The predicted octanol–water partition coefficient (Wildman–Crippen LogP) is 3.53. The summed E-state index contributed by atoms with van der Waals surface area (Å²) in [6, 6.07) is 2.23. The summed E-state index contributed by atoms with van der Waals surface area (Å²) in [5.74, 6) is 0.602. The summed E-state index contributed by atoms with van der Waals surface area (Å²) in [5.41, 5.74) is 1.81. The lowest BCUT2D eigenvalue weighted by atomic mass is 10.0. The van der Waals surface area contributed by atoms with Gasteiger partial charge in [-0.2, -0.15) is 10.2 Å². The highest BCUT2D eigenvalue weighted by Gasteiger charge is 2.30. The van der Waals surface area contributed by atoms with Gasteiger partial charge >= 0.3 is 6.09 Å². The van der Waals surface area contributed by atoms with Crippen molar-refractivity contribution in [1.29, 1.82) is 0 Å². The number of aromatic amines is 1. The fraction of sp³-hybridized carbons (Fsp3) is 0.619. The van der Waals surface area contributed by atoms with Gasteiger partial charge in [-0.15, -0.1) is 0 Å². The molecule has 3 rings (SSSR count). The zero-order valence-corrected chi connectivity index (χ0v) is 18.1. The first-order valence-corrected chi connectivity index (χ1v) is 10.7. The van der Waals surface area contributed by atoms with E-state index in [0.717, 1.165) is 36.9 Å². The molecule has 1 saturated carbocycles. The molecule has 2 heterocycles. The van der Waals surface area contributed by atoms with Crippen LogP contribution in [0.15, 0.2) is 18.5 Å². The highest BCUT2D eigenvalue weighted by atomic mass is 16.6. The van der Waals surface area contributed by atoms with Gasteiger partial charge in [-0.05, 0) is 52.0 Å². The normalized spacial score (nSPS) is 19.6. The number of anilines is 1. The number of rotatable bonds is 8. The molecule has 0 aliphatic heterocycles. The van der Waals surface area contributed by atoms with E-state index in [2.05, 4.69) is 25.9 Å². The van der Waals surface area contributed by atoms with Crippen molar-refractivity contribution >= 4 is 17.8 Å². The Bertz CT molecular complexity index is 859. The third-order valence-electron chi connectivity index (χ3n) is 5.49. The number of hydrogen-bond acceptors (Lipinski definition) is 5. The summed E-state index contributed by atoms with van der Waals surface area (Å²) in [6.07, 6.45) is 6.74. The van der Waals surface area contributed by atoms with Crippen LogP contribution in [0.25, 0.3) is 0 Å². The Balaban J connectivity index is 1.47. The van der Waals surface area contributed by atoms with Crippen LogP contribution < -0.4 is 10.6 Å². The monoisotopic (exact) mass is 416 g/mol. The number of hydrogen-bond donors (Lipinski definition) is 3. The van der Waals surface area contributed by atoms with Gasteiger partial charge in [-0.1, -0.05) is 6.92 Å². The van der Waals surface area contributed by atoms with Crippen molar-refractivity contribution < 1.29 is 14.3 Å². The predicted molar refractivity (Wildman–Crippen MR) is 113 cm³/mol. The average Bonchev–Trinajstić information content (AvgIpc) is 3.42. The highest BCUT2D eigenvalue weighted by molar-refractivity contribution is 5.91. The third-order valence-corrected chi connectivity index (χ3v) is 5.49. The van der Waals surface area contributed by atoms with E-state index in [1.807, 2.05) is 44.6 Å². The maximum Gasteiger partial charge on any atom is 0.407 e. The molecule has 0 unspecified atom stereocenters. The molecule has 164 valence electrons. The molecule has 3 N–H and O–H groups in total. The molecule has 2 aromatic heterocycles. The second kappa shape index (κ2) is 9.77. The molecule has 2 amide bonds. The largest absolute Gasteiger partial charge is 0.446 e. The lowest BCUT2D eigenvalue weighted by Gasteiger charge is -2.16. The van der Waals surface area contributed by atoms with Crippen molar-refractivity contribution in [2.75, 3.05) is 5.32 Å². The Labute approximate surface area is 176 Å². The van der Waals surface area contributed by atoms with Crippen LogP contribution >= 0.6 is 0 Å². The van der Waals surface area contributed by atoms with E-state index in [1.165, 1.54) is 0 Å². The highest BCUT2D eigenvalue weighted by Crippen LogP contribution is 2.35. The fourth-order valence-corrected chi connectivity index (χ4v) is 3.55. The Morgan fingerprint density at radius 3 is 2.83 bits per heavy atom. The molecule has 0 aromatic carbocycles. The number of amides is 2. The summed E-state index contributed by atoms with van der Waals surface area (Å²) in [7, 11) is 0. The Morgan fingerprint density at radius 2 is 2.13 bits per heavy atom. The molecule has 1 aliphatic rings. The van der Waals surface area contributed by atoms with Crippen molar-refractivity contribution in [1.82, 2.24) is 25.3 Å². The summed E-state index contributed by atoms with van der Waals surface area (Å²) in [6.45, 7) is 8.05. The zero-order chi connectivity index (χ0) is 21.7. The van der Waals surface area contributed by atoms with Gasteiger partial charge in [0.15, 0.2) is 5.82 Å². The summed E-state index contributed by atoms with van der Waals surface area (Å²) in [4.78, 5) is 24.2. The maximum atomic E-state index is 12.3. The quantitative estimate of drug-likeness (QED) is 0.609. The van der Waals surface area contributed by atoms with Crippen molar-refractivity contribution in [2.24, 2.45) is 0 Å². The van der Waals surface area contributed by atoms with E-state index in [9.17, 15) is 9.59 Å². The van der Waals surface area contributed by atoms with Crippen LogP contribution in [0, 0.1) is 0 Å². The van der Waals surface area contributed by atoms with E-state index in [4.69, 9.17) is 4.74 Å². The van der Waals surface area contributed by atoms with Crippen LogP contribution in [0.3, 0.4) is 0 Å². The third kappa shape index (κ3) is 5.84.